The van der Waals surface area contributed by atoms with E-state index >= 15 is 0 Å². The SMILES string of the molecule is CC(C)c1nnc2n1CC(NC(=O)Cn1ccc(=O)n(C)c1=O)CC2. The molecule has 9 heteroatoms. The fraction of sp³-hybridized carbons (Fsp3) is 0.562. The highest BCUT2D eigenvalue weighted by Gasteiger charge is 2.25. The van der Waals surface area contributed by atoms with Gasteiger partial charge in [0.15, 0.2) is 0 Å². The molecule has 1 aliphatic heterocycles. The van der Waals surface area contributed by atoms with Crippen LogP contribution in [-0.4, -0.2) is 35.8 Å². The Balaban J connectivity index is 1.68. The molecule has 0 radical (unpaired) electrons. The number of aryl methyl sites for hydroxylation is 1. The summed E-state index contributed by atoms with van der Waals surface area (Å²) in [5.41, 5.74) is -0.898. The molecule has 3 heterocycles. The van der Waals surface area contributed by atoms with E-state index in [-0.39, 0.29) is 24.4 Å². The molecule has 1 atom stereocenters. The van der Waals surface area contributed by atoms with Crippen LogP contribution < -0.4 is 16.6 Å². The van der Waals surface area contributed by atoms with Gasteiger partial charge >= 0.3 is 5.69 Å². The van der Waals surface area contributed by atoms with Crippen LogP contribution in [-0.2, 0) is 31.4 Å². The van der Waals surface area contributed by atoms with E-state index in [1.54, 1.807) is 0 Å². The average molecular weight is 346 g/mol. The molecule has 1 amide bonds. The zero-order valence-corrected chi connectivity index (χ0v) is 14.6. The molecular formula is C16H22N6O3. The minimum absolute atomic E-state index is 0.0308. The molecule has 2 aromatic heterocycles. The number of carbonyl (C=O) groups excluding carboxylic acids is 1. The summed E-state index contributed by atoms with van der Waals surface area (Å²) in [6, 6.07) is 1.24. The van der Waals surface area contributed by atoms with Crippen molar-refractivity contribution in [2.75, 3.05) is 0 Å². The van der Waals surface area contributed by atoms with Crippen LogP contribution in [0.25, 0.3) is 0 Å². The molecule has 1 unspecified atom stereocenters. The maximum Gasteiger partial charge on any atom is 0.331 e. The van der Waals surface area contributed by atoms with E-state index in [1.807, 2.05) is 0 Å². The maximum atomic E-state index is 12.3. The van der Waals surface area contributed by atoms with Crippen LogP contribution >= 0.6 is 0 Å². The van der Waals surface area contributed by atoms with Crippen LogP contribution in [0.5, 0.6) is 0 Å². The van der Waals surface area contributed by atoms with Crippen LogP contribution in [0.3, 0.4) is 0 Å². The van der Waals surface area contributed by atoms with Crippen molar-refractivity contribution in [3.05, 3.63) is 44.8 Å². The summed E-state index contributed by atoms with van der Waals surface area (Å²) in [5, 5.41) is 11.4. The lowest BCUT2D eigenvalue weighted by Crippen LogP contribution is -2.45. The molecule has 25 heavy (non-hydrogen) atoms. The number of hydrogen-bond donors (Lipinski definition) is 1. The number of amides is 1. The second-order valence-corrected chi connectivity index (χ2v) is 6.67. The van der Waals surface area contributed by atoms with Gasteiger partial charge in [0.2, 0.25) is 5.91 Å². The average Bonchev–Trinajstić information content (AvgIpc) is 2.99. The quantitative estimate of drug-likeness (QED) is 0.796. The molecule has 134 valence electrons. The minimum Gasteiger partial charge on any atom is -0.350 e. The van der Waals surface area contributed by atoms with Crippen molar-refractivity contribution >= 4 is 5.91 Å². The van der Waals surface area contributed by atoms with Gasteiger partial charge in [-0.1, -0.05) is 13.8 Å². The third-order valence-corrected chi connectivity index (χ3v) is 4.43. The van der Waals surface area contributed by atoms with Gasteiger partial charge in [0.05, 0.1) is 0 Å². The summed E-state index contributed by atoms with van der Waals surface area (Å²) in [5.74, 6) is 1.87. The Morgan fingerprint density at radius 3 is 2.84 bits per heavy atom. The van der Waals surface area contributed by atoms with Crippen LogP contribution in [0.2, 0.25) is 0 Å². The Labute approximate surface area is 144 Å². The molecule has 9 nitrogen and oxygen atoms in total. The van der Waals surface area contributed by atoms with Gasteiger partial charge < -0.3 is 9.88 Å². The van der Waals surface area contributed by atoms with E-state index in [2.05, 4.69) is 33.9 Å². The topological polar surface area (TPSA) is 104 Å². The Morgan fingerprint density at radius 1 is 1.36 bits per heavy atom. The molecule has 0 aromatic carbocycles. The molecule has 1 N–H and O–H groups in total. The van der Waals surface area contributed by atoms with Gasteiger partial charge in [-0.25, -0.2) is 4.79 Å². The first kappa shape index (κ1) is 17.1. The zero-order valence-electron chi connectivity index (χ0n) is 14.6. The second kappa shape index (κ2) is 6.66. The van der Waals surface area contributed by atoms with E-state index in [0.717, 1.165) is 29.1 Å². The van der Waals surface area contributed by atoms with Gasteiger partial charge in [0, 0.05) is 44.2 Å². The van der Waals surface area contributed by atoms with Gasteiger partial charge in [0.1, 0.15) is 18.2 Å². The predicted octanol–water partition coefficient (Wildman–Crippen LogP) is -0.607. The van der Waals surface area contributed by atoms with Crippen molar-refractivity contribution in [1.82, 2.24) is 29.2 Å². The van der Waals surface area contributed by atoms with Crippen molar-refractivity contribution in [2.24, 2.45) is 7.05 Å². The molecular weight excluding hydrogens is 324 g/mol. The summed E-state index contributed by atoms with van der Waals surface area (Å²) in [4.78, 5) is 35.7. The molecule has 3 rings (SSSR count). The van der Waals surface area contributed by atoms with Gasteiger partial charge in [-0.2, -0.15) is 0 Å². The van der Waals surface area contributed by atoms with E-state index in [4.69, 9.17) is 0 Å². The Morgan fingerprint density at radius 2 is 2.12 bits per heavy atom. The number of aromatic nitrogens is 5. The van der Waals surface area contributed by atoms with Crippen molar-refractivity contribution in [3.63, 3.8) is 0 Å². The van der Waals surface area contributed by atoms with E-state index in [0.29, 0.717) is 6.54 Å². The Bertz CT molecular complexity index is 907. The maximum absolute atomic E-state index is 12.3. The first-order chi connectivity index (χ1) is 11.9. The zero-order chi connectivity index (χ0) is 18.1. The van der Waals surface area contributed by atoms with E-state index in [1.165, 1.54) is 23.9 Å². The summed E-state index contributed by atoms with van der Waals surface area (Å²) >= 11 is 0. The van der Waals surface area contributed by atoms with E-state index in [9.17, 15) is 14.4 Å². The lowest BCUT2D eigenvalue weighted by molar-refractivity contribution is -0.122. The number of fused-ring (bicyclic) bond motifs is 1. The molecule has 0 spiro atoms. The molecule has 0 aliphatic carbocycles. The number of hydrogen-bond acceptors (Lipinski definition) is 5. The van der Waals surface area contributed by atoms with Gasteiger partial charge in [-0.05, 0) is 6.42 Å². The predicted molar refractivity (Wildman–Crippen MR) is 90.3 cm³/mol. The van der Waals surface area contributed by atoms with Crippen molar-refractivity contribution in [2.45, 2.75) is 51.7 Å². The summed E-state index contributed by atoms with van der Waals surface area (Å²) in [6.07, 6.45) is 2.88. The molecule has 0 fully saturated rings. The molecule has 0 saturated heterocycles. The lowest BCUT2D eigenvalue weighted by atomic mass is 10.1. The largest absolute Gasteiger partial charge is 0.350 e. The second-order valence-electron chi connectivity index (χ2n) is 6.67. The molecule has 0 saturated carbocycles. The van der Waals surface area contributed by atoms with Crippen LogP contribution in [0, 0.1) is 0 Å². The minimum atomic E-state index is -0.505. The lowest BCUT2D eigenvalue weighted by Gasteiger charge is -2.26. The van der Waals surface area contributed by atoms with Gasteiger partial charge in [0.25, 0.3) is 5.56 Å². The first-order valence-corrected chi connectivity index (χ1v) is 8.34. The van der Waals surface area contributed by atoms with Crippen LogP contribution in [0.15, 0.2) is 21.9 Å². The van der Waals surface area contributed by atoms with Gasteiger partial charge in [-0.3, -0.25) is 18.7 Å². The Hall–Kier alpha value is -2.71. The summed E-state index contributed by atoms with van der Waals surface area (Å²) in [7, 11) is 1.39. The number of nitrogens with zero attached hydrogens (tertiary/aromatic N) is 5. The van der Waals surface area contributed by atoms with Gasteiger partial charge in [-0.15, -0.1) is 10.2 Å². The summed E-state index contributed by atoms with van der Waals surface area (Å²) in [6.45, 7) is 4.64. The fourth-order valence-electron chi connectivity index (χ4n) is 3.06. The monoisotopic (exact) mass is 346 g/mol. The molecule has 0 bridgehead atoms. The summed E-state index contributed by atoms with van der Waals surface area (Å²) < 4.78 is 4.27. The molecule has 1 aliphatic rings. The van der Waals surface area contributed by atoms with Crippen molar-refractivity contribution in [1.29, 1.82) is 0 Å². The Kier molecular flexibility index (Phi) is 4.56. The third kappa shape index (κ3) is 3.40. The van der Waals surface area contributed by atoms with Crippen LogP contribution in [0.1, 0.15) is 37.8 Å². The smallest absolute Gasteiger partial charge is 0.331 e. The van der Waals surface area contributed by atoms with Crippen molar-refractivity contribution in [3.8, 4) is 0 Å². The number of nitrogens with one attached hydrogen (secondary N) is 1. The normalized spacial score (nSPS) is 16.7. The first-order valence-electron chi connectivity index (χ1n) is 8.34. The highest BCUT2D eigenvalue weighted by molar-refractivity contribution is 5.76. The molecule has 2 aromatic rings. The standard InChI is InChI=1S/C16H22N6O3/c1-10(2)15-19-18-12-5-4-11(8-22(12)15)17-13(23)9-21-7-6-14(24)20(3)16(21)25/h6-7,10-11H,4-5,8-9H2,1-3H3,(H,17,23). The fourth-order valence-corrected chi connectivity index (χ4v) is 3.06. The van der Waals surface area contributed by atoms with Crippen LogP contribution in [0.4, 0.5) is 0 Å². The third-order valence-electron chi connectivity index (χ3n) is 4.43. The number of rotatable bonds is 4. The highest BCUT2D eigenvalue weighted by atomic mass is 16.2. The number of carbonyl (C=O) groups is 1. The highest BCUT2D eigenvalue weighted by Crippen LogP contribution is 2.19. The van der Waals surface area contributed by atoms with Crippen molar-refractivity contribution < 1.29 is 4.79 Å². The van der Waals surface area contributed by atoms with E-state index < -0.39 is 11.2 Å².